The van der Waals surface area contributed by atoms with Crippen LogP contribution in [0, 0.1) is 0 Å². The fraction of sp³-hybridized carbons (Fsp3) is 0.167. The standard InChI is InChI=1S/C12H12N2S4/c1-3-11(7-13-5-1)9-15-17-18-16-10-12-4-2-6-14-8-12/h1-8H,9-10H2. The van der Waals surface area contributed by atoms with Crippen molar-refractivity contribution in [2.24, 2.45) is 0 Å². The average molecular weight is 313 g/mol. The number of pyridine rings is 2. The van der Waals surface area contributed by atoms with Crippen LogP contribution in [0.1, 0.15) is 11.1 Å². The lowest BCUT2D eigenvalue weighted by Crippen LogP contribution is -1.78. The molecule has 0 aliphatic rings. The average Bonchev–Trinajstić information content (AvgIpc) is 2.45. The Labute approximate surface area is 122 Å². The van der Waals surface area contributed by atoms with E-state index in [4.69, 9.17) is 0 Å². The maximum absolute atomic E-state index is 4.10. The molecule has 0 atom stereocenters. The molecule has 0 unspecified atom stereocenters. The molecule has 2 heterocycles. The molecule has 0 radical (unpaired) electrons. The Morgan fingerprint density at radius 1 is 0.778 bits per heavy atom. The highest BCUT2D eigenvalue weighted by atomic mass is 33.7. The summed E-state index contributed by atoms with van der Waals surface area (Å²) in [6, 6.07) is 8.16. The van der Waals surface area contributed by atoms with Crippen LogP contribution in [0.25, 0.3) is 0 Å². The third-order valence-electron chi connectivity index (χ3n) is 2.02. The number of nitrogens with zero attached hydrogens (tertiary/aromatic N) is 2. The topological polar surface area (TPSA) is 25.8 Å². The highest BCUT2D eigenvalue weighted by Gasteiger charge is 1.97. The van der Waals surface area contributed by atoms with Crippen LogP contribution in [0.5, 0.6) is 0 Å². The van der Waals surface area contributed by atoms with E-state index in [-0.39, 0.29) is 0 Å². The molecule has 0 bridgehead atoms. The minimum atomic E-state index is 0.999. The summed E-state index contributed by atoms with van der Waals surface area (Å²) in [5.74, 6) is 2.00. The molecule has 2 nitrogen and oxygen atoms in total. The summed E-state index contributed by atoms with van der Waals surface area (Å²) in [4.78, 5) is 8.20. The Hall–Kier alpha value is -0.300. The normalized spacial score (nSPS) is 10.4. The maximum Gasteiger partial charge on any atom is 0.0312 e. The molecule has 0 fully saturated rings. The van der Waals surface area contributed by atoms with Gasteiger partial charge in [0.1, 0.15) is 0 Å². The molecular weight excluding hydrogens is 300 g/mol. The number of rotatable bonds is 7. The quantitative estimate of drug-likeness (QED) is 0.535. The minimum Gasteiger partial charge on any atom is -0.264 e. The van der Waals surface area contributed by atoms with Gasteiger partial charge in [-0.1, -0.05) is 33.7 Å². The zero-order valence-electron chi connectivity index (χ0n) is 9.56. The SMILES string of the molecule is c1cncc(CSSSSCc2cccnc2)c1. The second kappa shape index (κ2) is 8.74. The Morgan fingerprint density at radius 2 is 1.28 bits per heavy atom. The fourth-order valence-electron chi connectivity index (χ4n) is 1.19. The summed E-state index contributed by atoms with van der Waals surface area (Å²) < 4.78 is 0. The van der Waals surface area contributed by atoms with Crippen LogP contribution < -0.4 is 0 Å². The van der Waals surface area contributed by atoms with Crippen LogP contribution in [0.2, 0.25) is 0 Å². The van der Waals surface area contributed by atoms with E-state index in [2.05, 4.69) is 22.1 Å². The van der Waals surface area contributed by atoms with E-state index in [1.54, 1.807) is 12.4 Å². The molecular formula is C12H12N2S4. The molecule has 6 heteroatoms. The van der Waals surface area contributed by atoms with Crippen molar-refractivity contribution < 1.29 is 0 Å². The minimum absolute atomic E-state index is 0.999. The van der Waals surface area contributed by atoms with Crippen LogP contribution in [0.3, 0.4) is 0 Å². The van der Waals surface area contributed by atoms with Crippen molar-refractivity contribution >= 4 is 41.2 Å². The number of hydrogen-bond donors (Lipinski definition) is 0. The zero-order chi connectivity index (χ0) is 12.5. The lowest BCUT2D eigenvalue weighted by molar-refractivity contribution is 1.25. The van der Waals surface area contributed by atoms with E-state index in [0.717, 1.165) is 11.5 Å². The van der Waals surface area contributed by atoms with Gasteiger partial charge in [-0.15, -0.1) is 0 Å². The lowest BCUT2D eigenvalue weighted by Gasteiger charge is -2.00. The van der Waals surface area contributed by atoms with Gasteiger partial charge in [0.05, 0.1) is 0 Å². The van der Waals surface area contributed by atoms with Crippen molar-refractivity contribution in [3.05, 3.63) is 60.2 Å². The predicted octanol–water partition coefficient (Wildman–Crippen LogP) is 4.85. The summed E-state index contributed by atoms with van der Waals surface area (Å²) in [5.41, 5.74) is 2.54. The van der Waals surface area contributed by atoms with Gasteiger partial charge in [-0.3, -0.25) is 9.97 Å². The van der Waals surface area contributed by atoms with Gasteiger partial charge >= 0.3 is 0 Å². The van der Waals surface area contributed by atoms with Crippen molar-refractivity contribution in [2.45, 2.75) is 11.5 Å². The van der Waals surface area contributed by atoms with Crippen LogP contribution >= 0.6 is 41.2 Å². The van der Waals surface area contributed by atoms with Gasteiger partial charge in [-0.25, -0.2) is 0 Å². The first-order valence-corrected chi connectivity index (χ1v) is 10.5. The number of hydrogen-bond acceptors (Lipinski definition) is 6. The van der Waals surface area contributed by atoms with Gasteiger partial charge in [-0.2, -0.15) is 0 Å². The second-order valence-electron chi connectivity index (χ2n) is 3.38. The van der Waals surface area contributed by atoms with E-state index >= 15 is 0 Å². The van der Waals surface area contributed by atoms with Crippen molar-refractivity contribution in [3.8, 4) is 0 Å². The van der Waals surface area contributed by atoms with E-state index in [9.17, 15) is 0 Å². The monoisotopic (exact) mass is 312 g/mol. The molecule has 0 saturated heterocycles. The van der Waals surface area contributed by atoms with Gasteiger partial charge in [0.15, 0.2) is 0 Å². The molecule has 0 spiro atoms. The Morgan fingerprint density at radius 3 is 1.67 bits per heavy atom. The van der Waals surface area contributed by atoms with Crippen molar-refractivity contribution in [1.29, 1.82) is 0 Å². The zero-order valence-corrected chi connectivity index (χ0v) is 12.8. The van der Waals surface area contributed by atoms with Gasteiger partial charge in [0.25, 0.3) is 0 Å². The smallest absolute Gasteiger partial charge is 0.0312 e. The third kappa shape index (κ3) is 5.56. The molecule has 0 amide bonds. The van der Waals surface area contributed by atoms with Gasteiger partial charge in [0, 0.05) is 36.3 Å². The largest absolute Gasteiger partial charge is 0.264 e. The first-order chi connectivity index (χ1) is 8.95. The molecule has 0 saturated carbocycles. The van der Waals surface area contributed by atoms with E-state index in [1.807, 2.05) is 65.8 Å². The Kier molecular flexibility index (Phi) is 6.86. The molecule has 2 aromatic heterocycles. The van der Waals surface area contributed by atoms with Crippen LogP contribution in [-0.2, 0) is 11.5 Å². The summed E-state index contributed by atoms with van der Waals surface area (Å²) in [7, 11) is 7.32. The van der Waals surface area contributed by atoms with Crippen molar-refractivity contribution in [1.82, 2.24) is 9.97 Å². The summed E-state index contributed by atoms with van der Waals surface area (Å²) in [6.45, 7) is 0. The second-order valence-corrected chi connectivity index (χ2v) is 9.38. The molecule has 0 aromatic carbocycles. The molecule has 2 aromatic rings. The van der Waals surface area contributed by atoms with Crippen LogP contribution in [0.15, 0.2) is 49.1 Å². The van der Waals surface area contributed by atoms with E-state index < -0.39 is 0 Å². The molecule has 2 rings (SSSR count). The molecule has 0 aliphatic carbocycles. The van der Waals surface area contributed by atoms with E-state index in [0.29, 0.717) is 0 Å². The summed E-state index contributed by atoms with van der Waals surface area (Å²) in [5, 5.41) is 0. The Bertz CT molecular complexity index is 395. The molecule has 94 valence electrons. The molecule has 0 N–H and O–H groups in total. The molecule has 18 heavy (non-hydrogen) atoms. The summed E-state index contributed by atoms with van der Waals surface area (Å²) in [6.07, 6.45) is 7.45. The van der Waals surface area contributed by atoms with Gasteiger partial charge in [0.2, 0.25) is 0 Å². The van der Waals surface area contributed by atoms with Crippen molar-refractivity contribution in [2.75, 3.05) is 0 Å². The van der Waals surface area contributed by atoms with Crippen molar-refractivity contribution in [3.63, 3.8) is 0 Å². The predicted molar refractivity (Wildman–Crippen MR) is 86.2 cm³/mol. The highest BCUT2D eigenvalue weighted by Crippen LogP contribution is 2.45. The lowest BCUT2D eigenvalue weighted by atomic mass is 10.3. The van der Waals surface area contributed by atoms with Gasteiger partial charge in [-0.05, 0) is 42.9 Å². The maximum atomic E-state index is 4.10. The number of aromatic nitrogens is 2. The molecule has 0 aliphatic heterocycles. The fourth-order valence-corrected chi connectivity index (χ4v) is 7.01. The first-order valence-electron chi connectivity index (χ1n) is 5.31. The Balaban J connectivity index is 1.54. The van der Waals surface area contributed by atoms with Crippen LogP contribution in [0.4, 0.5) is 0 Å². The highest BCUT2D eigenvalue weighted by molar-refractivity contribution is 9.25. The third-order valence-corrected chi connectivity index (χ3v) is 8.35. The summed E-state index contributed by atoms with van der Waals surface area (Å²) >= 11 is 0. The van der Waals surface area contributed by atoms with E-state index in [1.165, 1.54) is 11.1 Å². The van der Waals surface area contributed by atoms with Crippen LogP contribution in [-0.4, -0.2) is 9.97 Å². The van der Waals surface area contributed by atoms with Gasteiger partial charge < -0.3 is 0 Å². The first kappa shape index (κ1) is 14.1.